The Balaban J connectivity index is 2.12. The molecule has 1 aromatic rings. The fourth-order valence-electron chi connectivity index (χ4n) is 1.88. The van der Waals surface area contributed by atoms with Crippen LogP contribution in [-0.4, -0.2) is 17.0 Å². The minimum Gasteiger partial charge on any atom is -0.378 e. The number of nitro groups is 1. The molecular formula is C11H14FN3O2. The lowest BCUT2D eigenvalue weighted by molar-refractivity contribution is -0.384. The number of anilines is 1. The summed E-state index contributed by atoms with van der Waals surface area (Å²) in [6, 6.07) is 3.47. The van der Waals surface area contributed by atoms with Gasteiger partial charge in [-0.25, -0.2) is 4.39 Å². The average Bonchev–Trinajstić information content (AvgIpc) is 2.24. The lowest BCUT2D eigenvalue weighted by Crippen LogP contribution is -2.52. The highest BCUT2D eigenvalue weighted by molar-refractivity contribution is 5.61. The summed E-state index contributed by atoms with van der Waals surface area (Å²) in [6.07, 6.45) is 2.91. The lowest BCUT2D eigenvalue weighted by atomic mass is 9.78. The van der Waals surface area contributed by atoms with Crippen molar-refractivity contribution in [3.8, 4) is 0 Å². The van der Waals surface area contributed by atoms with E-state index < -0.39 is 10.7 Å². The highest BCUT2D eigenvalue weighted by Crippen LogP contribution is 2.31. The molecule has 92 valence electrons. The van der Waals surface area contributed by atoms with Crippen molar-refractivity contribution in [2.24, 2.45) is 5.73 Å². The van der Waals surface area contributed by atoms with E-state index in [-0.39, 0.29) is 11.2 Å². The van der Waals surface area contributed by atoms with Crippen LogP contribution < -0.4 is 11.1 Å². The zero-order valence-electron chi connectivity index (χ0n) is 9.28. The Kier molecular flexibility index (Phi) is 2.97. The number of benzene rings is 1. The highest BCUT2D eigenvalue weighted by atomic mass is 19.1. The van der Waals surface area contributed by atoms with Crippen molar-refractivity contribution in [3.05, 3.63) is 34.1 Å². The zero-order valence-corrected chi connectivity index (χ0v) is 9.28. The number of nitro benzene ring substituents is 1. The molecule has 0 aliphatic heterocycles. The molecule has 17 heavy (non-hydrogen) atoms. The van der Waals surface area contributed by atoms with Gasteiger partial charge in [0.25, 0.3) is 5.69 Å². The van der Waals surface area contributed by atoms with E-state index in [4.69, 9.17) is 5.73 Å². The first-order valence-corrected chi connectivity index (χ1v) is 5.47. The number of nitrogens with one attached hydrogen (secondary N) is 1. The SMILES string of the molecule is NC1(CNc2ccc(F)cc2[N+](=O)[O-])CCC1. The first-order valence-electron chi connectivity index (χ1n) is 5.47. The van der Waals surface area contributed by atoms with Crippen LogP contribution in [0, 0.1) is 15.9 Å². The molecule has 0 aromatic heterocycles. The van der Waals surface area contributed by atoms with Crippen LogP contribution in [0.2, 0.25) is 0 Å². The van der Waals surface area contributed by atoms with Gasteiger partial charge < -0.3 is 11.1 Å². The first kappa shape index (κ1) is 11.8. The van der Waals surface area contributed by atoms with Gasteiger partial charge in [0.15, 0.2) is 0 Å². The smallest absolute Gasteiger partial charge is 0.295 e. The standard InChI is InChI=1S/C11H14FN3O2/c12-8-2-3-9(10(6-8)15(16)17)14-7-11(13)4-1-5-11/h2-3,6,14H,1,4-5,7,13H2. The lowest BCUT2D eigenvalue weighted by Gasteiger charge is -2.38. The maximum Gasteiger partial charge on any atom is 0.295 e. The van der Waals surface area contributed by atoms with E-state index in [1.165, 1.54) is 12.1 Å². The molecule has 2 rings (SSSR count). The van der Waals surface area contributed by atoms with E-state index in [1.54, 1.807) is 0 Å². The molecule has 0 spiro atoms. The van der Waals surface area contributed by atoms with Crippen molar-refractivity contribution >= 4 is 11.4 Å². The first-order chi connectivity index (χ1) is 8.00. The van der Waals surface area contributed by atoms with Crippen LogP contribution in [0.1, 0.15) is 19.3 Å². The molecule has 0 bridgehead atoms. The molecule has 0 atom stereocenters. The van der Waals surface area contributed by atoms with Crippen molar-refractivity contribution in [2.75, 3.05) is 11.9 Å². The average molecular weight is 239 g/mol. The molecule has 1 fully saturated rings. The summed E-state index contributed by atoms with van der Waals surface area (Å²) in [5, 5.41) is 13.7. The normalized spacial score (nSPS) is 17.3. The quantitative estimate of drug-likeness (QED) is 0.622. The summed E-state index contributed by atoms with van der Waals surface area (Å²) in [4.78, 5) is 10.1. The van der Waals surface area contributed by atoms with Gasteiger partial charge in [-0.3, -0.25) is 10.1 Å². The third-order valence-electron chi connectivity index (χ3n) is 3.14. The third-order valence-corrected chi connectivity index (χ3v) is 3.14. The highest BCUT2D eigenvalue weighted by Gasteiger charge is 2.32. The van der Waals surface area contributed by atoms with E-state index in [0.717, 1.165) is 25.3 Å². The molecule has 1 aliphatic rings. The Hall–Kier alpha value is -1.69. The fourth-order valence-corrected chi connectivity index (χ4v) is 1.88. The molecule has 1 aliphatic carbocycles. The van der Waals surface area contributed by atoms with Crippen LogP contribution >= 0.6 is 0 Å². The molecule has 5 nitrogen and oxygen atoms in total. The van der Waals surface area contributed by atoms with Crippen molar-refractivity contribution < 1.29 is 9.31 Å². The number of hydrogen-bond donors (Lipinski definition) is 2. The molecule has 3 N–H and O–H groups in total. The number of nitrogens with two attached hydrogens (primary N) is 1. The van der Waals surface area contributed by atoms with Gasteiger partial charge >= 0.3 is 0 Å². The van der Waals surface area contributed by atoms with Gasteiger partial charge in [0.1, 0.15) is 11.5 Å². The predicted molar refractivity (Wildman–Crippen MR) is 62.3 cm³/mol. The Morgan fingerprint density at radius 3 is 2.76 bits per heavy atom. The van der Waals surface area contributed by atoms with Gasteiger partial charge in [0, 0.05) is 12.1 Å². The largest absolute Gasteiger partial charge is 0.378 e. The van der Waals surface area contributed by atoms with Crippen molar-refractivity contribution in [1.29, 1.82) is 0 Å². The van der Waals surface area contributed by atoms with Crippen LogP contribution in [0.25, 0.3) is 0 Å². The monoisotopic (exact) mass is 239 g/mol. The van der Waals surface area contributed by atoms with Gasteiger partial charge in [-0.15, -0.1) is 0 Å². The maximum atomic E-state index is 12.9. The van der Waals surface area contributed by atoms with Gasteiger partial charge in [-0.05, 0) is 31.4 Å². The van der Waals surface area contributed by atoms with E-state index in [2.05, 4.69) is 5.32 Å². The summed E-state index contributed by atoms with van der Waals surface area (Å²) in [5.74, 6) is -0.617. The van der Waals surface area contributed by atoms with Gasteiger partial charge in [-0.1, -0.05) is 0 Å². The Morgan fingerprint density at radius 1 is 1.53 bits per heavy atom. The Bertz CT molecular complexity index is 446. The number of rotatable bonds is 4. The predicted octanol–water partition coefficient (Wildman–Crippen LogP) is 2.03. The van der Waals surface area contributed by atoms with E-state index in [1.807, 2.05) is 0 Å². The van der Waals surface area contributed by atoms with Crippen LogP contribution in [0.15, 0.2) is 18.2 Å². The van der Waals surface area contributed by atoms with Gasteiger partial charge in [-0.2, -0.15) is 0 Å². The van der Waals surface area contributed by atoms with Crippen LogP contribution in [0.4, 0.5) is 15.8 Å². The van der Waals surface area contributed by atoms with Gasteiger partial charge in [0.05, 0.1) is 11.0 Å². The molecule has 0 amide bonds. The third kappa shape index (κ3) is 2.52. The summed E-state index contributed by atoms with van der Waals surface area (Å²) >= 11 is 0. The topological polar surface area (TPSA) is 81.2 Å². The van der Waals surface area contributed by atoms with Crippen LogP contribution in [0.3, 0.4) is 0 Å². The van der Waals surface area contributed by atoms with Crippen LogP contribution in [-0.2, 0) is 0 Å². The molecule has 0 saturated heterocycles. The zero-order chi connectivity index (χ0) is 12.5. The van der Waals surface area contributed by atoms with Crippen molar-refractivity contribution in [3.63, 3.8) is 0 Å². The van der Waals surface area contributed by atoms with Crippen molar-refractivity contribution in [2.45, 2.75) is 24.8 Å². The second-order valence-electron chi connectivity index (χ2n) is 4.49. The number of halogens is 1. The molecular weight excluding hydrogens is 225 g/mol. The molecule has 0 unspecified atom stereocenters. The van der Waals surface area contributed by atoms with Gasteiger partial charge in [0.2, 0.25) is 0 Å². The second kappa shape index (κ2) is 4.29. The minimum atomic E-state index is -0.617. The Morgan fingerprint density at radius 2 is 2.24 bits per heavy atom. The van der Waals surface area contributed by atoms with E-state index in [9.17, 15) is 14.5 Å². The molecule has 0 radical (unpaired) electrons. The number of nitrogens with zero attached hydrogens (tertiary/aromatic N) is 1. The Labute approximate surface area is 98.0 Å². The molecule has 1 aromatic carbocycles. The number of hydrogen-bond acceptors (Lipinski definition) is 4. The summed E-state index contributed by atoms with van der Waals surface area (Å²) in [7, 11) is 0. The maximum absolute atomic E-state index is 12.9. The molecule has 6 heteroatoms. The van der Waals surface area contributed by atoms with E-state index in [0.29, 0.717) is 12.2 Å². The molecule has 1 saturated carbocycles. The fraction of sp³-hybridized carbons (Fsp3) is 0.455. The molecule has 0 heterocycles. The van der Waals surface area contributed by atoms with Crippen molar-refractivity contribution in [1.82, 2.24) is 0 Å². The second-order valence-corrected chi connectivity index (χ2v) is 4.49. The van der Waals surface area contributed by atoms with Crippen LogP contribution in [0.5, 0.6) is 0 Å². The summed E-state index contributed by atoms with van der Waals surface area (Å²) < 4.78 is 12.9. The summed E-state index contributed by atoms with van der Waals surface area (Å²) in [5.41, 5.74) is 5.78. The van der Waals surface area contributed by atoms with E-state index >= 15 is 0 Å². The minimum absolute atomic E-state index is 0.257. The summed E-state index contributed by atoms with van der Waals surface area (Å²) in [6.45, 7) is 0.472.